The van der Waals surface area contributed by atoms with E-state index in [1.54, 1.807) is 12.1 Å². The number of rotatable bonds is 3. The lowest BCUT2D eigenvalue weighted by atomic mass is 10.1. The van der Waals surface area contributed by atoms with Crippen molar-refractivity contribution >= 4 is 34.9 Å². The third-order valence-electron chi connectivity index (χ3n) is 5.47. The average Bonchev–Trinajstić information content (AvgIpc) is 2.81. The Morgan fingerprint density at radius 2 is 0.846 bits per heavy atom. The Hall–Kier alpha value is -3.34. The van der Waals surface area contributed by atoms with E-state index in [4.69, 9.17) is 0 Å². The molecule has 1 aromatic heterocycles. The largest absolute Gasteiger partial charge is 0.416 e. The molecule has 0 aliphatic rings. The Balaban J connectivity index is 2.10. The topological polar surface area (TPSA) is 12.9 Å². The number of benzene rings is 3. The molecule has 0 bridgehead atoms. The van der Waals surface area contributed by atoms with E-state index in [9.17, 15) is 52.7 Å². The zero-order valence-electron chi connectivity index (χ0n) is 18.9. The molecule has 206 valence electrons. The van der Waals surface area contributed by atoms with Crippen LogP contribution >= 0.6 is 7.92 Å². The van der Waals surface area contributed by atoms with Gasteiger partial charge in [0.25, 0.3) is 0 Å². The first-order valence-corrected chi connectivity index (χ1v) is 11.9. The summed E-state index contributed by atoms with van der Waals surface area (Å²) in [7, 11) is -2.88. The maximum Gasteiger partial charge on any atom is 0.416 e. The summed E-state index contributed by atoms with van der Waals surface area (Å²) < 4.78 is 163. The number of alkyl halides is 12. The Labute approximate surface area is 212 Å². The van der Waals surface area contributed by atoms with Gasteiger partial charge in [-0.15, -0.1) is 0 Å². The molecular formula is C25H12F12NP. The molecule has 0 radical (unpaired) electrons. The summed E-state index contributed by atoms with van der Waals surface area (Å²) in [6.45, 7) is 0. The zero-order valence-corrected chi connectivity index (χ0v) is 19.8. The van der Waals surface area contributed by atoms with Crippen molar-refractivity contribution in [2.75, 3.05) is 0 Å². The first-order chi connectivity index (χ1) is 17.8. The van der Waals surface area contributed by atoms with Gasteiger partial charge < -0.3 is 0 Å². The van der Waals surface area contributed by atoms with Crippen LogP contribution in [0.15, 0.2) is 72.8 Å². The highest BCUT2D eigenvalue weighted by molar-refractivity contribution is 7.79. The highest BCUT2D eigenvalue weighted by atomic mass is 31.1. The molecule has 0 aliphatic heterocycles. The maximum atomic E-state index is 13.6. The summed E-state index contributed by atoms with van der Waals surface area (Å²) in [5, 5.41) is -1.11. The molecule has 1 heterocycles. The molecule has 0 saturated carbocycles. The number of hydrogen-bond acceptors (Lipinski definition) is 1. The monoisotopic (exact) mass is 585 g/mol. The fourth-order valence-corrected chi connectivity index (χ4v) is 6.06. The van der Waals surface area contributed by atoms with Gasteiger partial charge in [-0.2, -0.15) is 52.7 Å². The molecule has 14 heteroatoms. The minimum Gasteiger partial charge on any atom is -0.247 e. The van der Waals surface area contributed by atoms with Crippen LogP contribution in [0.1, 0.15) is 22.3 Å². The average molecular weight is 585 g/mol. The lowest BCUT2D eigenvalue weighted by Crippen LogP contribution is -2.27. The van der Waals surface area contributed by atoms with E-state index in [2.05, 4.69) is 4.98 Å². The number of hydrogen-bond donors (Lipinski definition) is 0. The van der Waals surface area contributed by atoms with Gasteiger partial charge in [0.05, 0.1) is 33.2 Å². The molecule has 4 rings (SSSR count). The number of aromatic nitrogens is 1. The molecule has 0 amide bonds. The smallest absolute Gasteiger partial charge is 0.247 e. The minimum atomic E-state index is -5.31. The van der Waals surface area contributed by atoms with Crippen molar-refractivity contribution in [1.82, 2.24) is 4.98 Å². The normalized spacial score (nSPS) is 13.4. The van der Waals surface area contributed by atoms with Gasteiger partial charge in [0.1, 0.15) is 0 Å². The number of para-hydroxylation sites is 1. The molecular weight excluding hydrogens is 573 g/mol. The molecule has 0 aliphatic carbocycles. The first kappa shape index (κ1) is 28.7. The van der Waals surface area contributed by atoms with Crippen LogP contribution in [0, 0.1) is 0 Å². The van der Waals surface area contributed by atoms with Gasteiger partial charge in [-0.3, -0.25) is 0 Å². The number of nitrogens with zero attached hydrogens (tertiary/aromatic N) is 1. The summed E-state index contributed by atoms with van der Waals surface area (Å²) in [5.41, 5.74) is -7.23. The summed E-state index contributed by atoms with van der Waals surface area (Å²) in [6, 6.07) is 9.36. The van der Waals surface area contributed by atoms with Crippen LogP contribution in [-0.4, -0.2) is 4.98 Å². The number of halogens is 12. The van der Waals surface area contributed by atoms with Crippen LogP contribution in [0.5, 0.6) is 0 Å². The SMILES string of the molecule is FC(F)(F)c1cc(P(c2cc(C(F)(F)F)cc(C(F)(F)F)c2)c2ccc3ccccc3n2)cc(C(F)(F)F)c1. The molecule has 0 atom stereocenters. The highest BCUT2D eigenvalue weighted by Gasteiger charge is 2.40. The summed E-state index contributed by atoms with van der Waals surface area (Å²) >= 11 is 0. The third-order valence-corrected chi connectivity index (χ3v) is 7.73. The third kappa shape index (κ3) is 6.29. The van der Waals surface area contributed by atoms with Crippen molar-refractivity contribution in [1.29, 1.82) is 0 Å². The summed E-state index contributed by atoms with van der Waals surface area (Å²) in [4.78, 5) is 4.20. The molecule has 0 spiro atoms. The Kier molecular flexibility index (Phi) is 7.12. The van der Waals surface area contributed by atoms with E-state index in [1.165, 1.54) is 18.2 Å². The second-order valence-electron chi connectivity index (χ2n) is 8.23. The van der Waals surface area contributed by atoms with Crippen molar-refractivity contribution in [3.8, 4) is 0 Å². The Morgan fingerprint density at radius 1 is 0.462 bits per heavy atom. The van der Waals surface area contributed by atoms with Crippen LogP contribution in [-0.2, 0) is 24.7 Å². The fourth-order valence-electron chi connectivity index (χ4n) is 3.73. The van der Waals surface area contributed by atoms with Gasteiger partial charge >= 0.3 is 24.7 Å². The van der Waals surface area contributed by atoms with Crippen LogP contribution in [0.4, 0.5) is 52.7 Å². The molecule has 4 aromatic rings. The second kappa shape index (κ2) is 9.69. The minimum absolute atomic E-state index is 0.175. The highest BCUT2D eigenvalue weighted by Crippen LogP contribution is 2.42. The molecule has 3 aromatic carbocycles. The van der Waals surface area contributed by atoms with E-state index in [-0.39, 0.29) is 47.3 Å². The molecule has 1 nitrogen and oxygen atoms in total. The second-order valence-corrected chi connectivity index (χ2v) is 10.4. The zero-order chi connectivity index (χ0) is 29.0. The number of pyridine rings is 1. The number of fused-ring (bicyclic) bond motifs is 1. The molecule has 0 fully saturated rings. The van der Waals surface area contributed by atoms with Gasteiger partial charge in [0, 0.05) is 13.3 Å². The van der Waals surface area contributed by atoms with Gasteiger partial charge in [-0.25, -0.2) is 4.98 Å². The van der Waals surface area contributed by atoms with Crippen molar-refractivity contribution in [3.05, 3.63) is 95.1 Å². The quantitative estimate of drug-likeness (QED) is 0.175. The van der Waals surface area contributed by atoms with E-state index >= 15 is 0 Å². The van der Waals surface area contributed by atoms with Crippen LogP contribution in [0.25, 0.3) is 10.9 Å². The molecule has 0 unspecified atom stereocenters. The van der Waals surface area contributed by atoms with Gasteiger partial charge in [-0.1, -0.05) is 24.3 Å². The Bertz CT molecular complexity index is 1380. The predicted molar refractivity (Wildman–Crippen MR) is 120 cm³/mol. The first-order valence-electron chi connectivity index (χ1n) is 10.6. The van der Waals surface area contributed by atoms with E-state index in [0.717, 1.165) is 6.07 Å². The molecule has 0 N–H and O–H groups in total. The van der Waals surface area contributed by atoms with Crippen molar-refractivity contribution in [2.45, 2.75) is 24.7 Å². The van der Waals surface area contributed by atoms with Crippen molar-refractivity contribution < 1.29 is 52.7 Å². The predicted octanol–water partition coefficient (Wildman–Crippen LogP) is 8.07. The fraction of sp³-hybridized carbons (Fsp3) is 0.160. The molecule has 0 saturated heterocycles. The lowest BCUT2D eigenvalue weighted by Gasteiger charge is -2.23. The van der Waals surface area contributed by atoms with Gasteiger partial charge in [-0.05, 0) is 59.1 Å². The van der Waals surface area contributed by atoms with Gasteiger partial charge in [0.15, 0.2) is 0 Å². The lowest BCUT2D eigenvalue weighted by molar-refractivity contribution is -0.144. The summed E-state index contributed by atoms with van der Waals surface area (Å²) in [6.07, 6.45) is -21.2. The van der Waals surface area contributed by atoms with Gasteiger partial charge in [0.2, 0.25) is 0 Å². The van der Waals surface area contributed by atoms with Crippen LogP contribution < -0.4 is 16.0 Å². The Morgan fingerprint density at radius 3 is 1.23 bits per heavy atom. The van der Waals surface area contributed by atoms with E-state index in [0.29, 0.717) is 5.39 Å². The van der Waals surface area contributed by atoms with Crippen molar-refractivity contribution in [3.63, 3.8) is 0 Å². The molecule has 39 heavy (non-hydrogen) atoms. The summed E-state index contributed by atoms with van der Waals surface area (Å²) in [5.74, 6) is 0. The van der Waals surface area contributed by atoms with E-state index in [1.807, 2.05) is 0 Å². The van der Waals surface area contributed by atoms with Crippen molar-refractivity contribution in [2.24, 2.45) is 0 Å². The standard InChI is InChI=1S/C25H12F12NP/c26-22(27,28)14-7-15(23(29,30)31)10-18(9-14)39(21-6-5-13-3-1-2-4-20(13)38-21)19-11-16(24(32,33)34)8-17(12-19)25(35,36)37/h1-12H. The van der Waals surface area contributed by atoms with E-state index < -0.39 is 65.5 Å². The maximum absolute atomic E-state index is 13.6. The van der Waals surface area contributed by atoms with Crippen LogP contribution in [0.3, 0.4) is 0 Å². The van der Waals surface area contributed by atoms with Crippen LogP contribution in [0.2, 0.25) is 0 Å².